The fraction of sp³-hybridized carbons (Fsp3) is 0.0526. The molecule has 0 atom stereocenters. The highest BCUT2D eigenvalue weighted by Crippen LogP contribution is 2.35. The second kappa shape index (κ2) is 6.08. The Bertz CT molecular complexity index is 584. The van der Waals surface area contributed by atoms with Crippen molar-refractivity contribution in [3.05, 3.63) is 108 Å². The van der Waals surface area contributed by atoms with Gasteiger partial charge in [-0.2, -0.15) is 0 Å². The molecule has 0 saturated carbocycles. The zero-order valence-electron chi connectivity index (χ0n) is 12.2. The van der Waals surface area contributed by atoms with Crippen molar-refractivity contribution in [3.63, 3.8) is 0 Å². The van der Waals surface area contributed by atoms with Gasteiger partial charge < -0.3 is 4.98 Å². The highest BCUT2D eigenvalue weighted by molar-refractivity contribution is 6.05. The third-order valence-corrected chi connectivity index (χ3v) is 4.75. The second-order valence-corrected chi connectivity index (χ2v) is 5.60. The Morgan fingerprint density at radius 3 is 1.05 bits per heavy atom. The molecule has 0 aromatic heterocycles. The van der Waals surface area contributed by atoms with Crippen LogP contribution in [0, 0.1) is 0 Å². The third-order valence-electron chi connectivity index (χ3n) is 4.00. The van der Waals surface area contributed by atoms with Crippen LogP contribution in [0.2, 0.25) is 0 Å². The molecule has 0 fully saturated rings. The first-order valence-corrected chi connectivity index (χ1v) is 8.23. The summed E-state index contributed by atoms with van der Waals surface area (Å²) in [6.45, 7) is 0. The van der Waals surface area contributed by atoms with Gasteiger partial charge in [-0.25, -0.2) is 0 Å². The highest BCUT2D eigenvalue weighted by atomic mass is 28.2. The lowest BCUT2D eigenvalue weighted by atomic mass is 9.78. The molecule has 21 heavy (non-hydrogen) atoms. The van der Waals surface area contributed by atoms with Crippen LogP contribution in [0.4, 0.5) is 0 Å². The number of benzene rings is 3. The van der Waals surface area contributed by atoms with Crippen LogP contribution in [-0.2, 0) is 5.54 Å². The molecule has 1 N–H and O–H groups in total. The topological polar surface area (TPSA) is 12.0 Å². The number of nitrogens with one attached hydrogen (secondary N) is 1. The van der Waals surface area contributed by atoms with Gasteiger partial charge in [-0.05, 0) is 16.7 Å². The van der Waals surface area contributed by atoms with Gasteiger partial charge >= 0.3 is 0 Å². The van der Waals surface area contributed by atoms with Crippen molar-refractivity contribution < 1.29 is 0 Å². The molecule has 0 bridgehead atoms. The average molecular weight is 289 g/mol. The van der Waals surface area contributed by atoms with E-state index in [0.717, 1.165) is 10.4 Å². The zero-order valence-corrected chi connectivity index (χ0v) is 14.2. The van der Waals surface area contributed by atoms with Crippen molar-refractivity contribution in [1.82, 2.24) is 4.98 Å². The Balaban J connectivity index is 2.29. The molecule has 104 valence electrons. The number of hydrogen-bond donors (Lipinski definition) is 1. The number of hydrogen-bond acceptors (Lipinski definition) is 1. The normalized spacial score (nSPS) is 11.4. The predicted octanol–water partition coefficient (Wildman–Crippen LogP) is 2.85. The van der Waals surface area contributed by atoms with E-state index in [0.29, 0.717) is 0 Å². The standard InChI is InChI=1S/C19H19NSi/c21-20-19(16-10-4-1-5-11-16,17-12-6-2-7-13-17)18-14-8-3-9-15-18/h1-15,20H,21H3. The van der Waals surface area contributed by atoms with E-state index < -0.39 is 0 Å². The van der Waals surface area contributed by atoms with E-state index in [4.69, 9.17) is 0 Å². The van der Waals surface area contributed by atoms with Crippen molar-refractivity contribution in [1.29, 1.82) is 0 Å². The molecule has 0 saturated heterocycles. The van der Waals surface area contributed by atoms with E-state index in [1.165, 1.54) is 16.7 Å². The zero-order chi connectivity index (χ0) is 14.5. The van der Waals surface area contributed by atoms with Crippen LogP contribution >= 0.6 is 0 Å². The first kappa shape index (κ1) is 13.8. The lowest BCUT2D eigenvalue weighted by Crippen LogP contribution is -2.43. The van der Waals surface area contributed by atoms with Crippen LogP contribution in [0.15, 0.2) is 91.0 Å². The molecule has 0 spiro atoms. The fourth-order valence-corrected chi connectivity index (χ4v) is 3.86. The lowest BCUT2D eigenvalue weighted by molar-refractivity contribution is 0.594. The third kappa shape index (κ3) is 2.44. The maximum absolute atomic E-state index is 3.70. The summed E-state index contributed by atoms with van der Waals surface area (Å²) in [6, 6.07) is 32.0. The minimum Gasteiger partial charge on any atom is -0.329 e. The van der Waals surface area contributed by atoms with Crippen LogP contribution in [0.1, 0.15) is 16.7 Å². The van der Waals surface area contributed by atoms with Crippen molar-refractivity contribution in [2.45, 2.75) is 5.54 Å². The Labute approximate surface area is 129 Å². The Hall–Kier alpha value is -2.16. The molecule has 3 aromatic carbocycles. The highest BCUT2D eigenvalue weighted by Gasteiger charge is 2.33. The first-order chi connectivity index (χ1) is 10.4. The first-order valence-electron chi connectivity index (χ1n) is 7.23. The van der Waals surface area contributed by atoms with Gasteiger partial charge in [0.25, 0.3) is 0 Å². The molecule has 0 radical (unpaired) electrons. The van der Waals surface area contributed by atoms with Crippen LogP contribution in [0.25, 0.3) is 0 Å². The summed E-state index contributed by atoms with van der Waals surface area (Å²) in [5.74, 6) is 0. The van der Waals surface area contributed by atoms with Crippen molar-refractivity contribution in [2.75, 3.05) is 0 Å². The van der Waals surface area contributed by atoms with Crippen LogP contribution in [0.3, 0.4) is 0 Å². The maximum atomic E-state index is 3.70. The molecule has 0 aliphatic heterocycles. The van der Waals surface area contributed by atoms with Crippen LogP contribution in [0.5, 0.6) is 0 Å². The molecule has 3 aromatic rings. The van der Waals surface area contributed by atoms with Gasteiger partial charge in [-0.1, -0.05) is 91.0 Å². The van der Waals surface area contributed by atoms with E-state index in [-0.39, 0.29) is 5.54 Å². The van der Waals surface area contributed by atoms with Crippen LogP contribution in [-0.4, -0.2) is 10.4 Å². The molecule has 0 aliphatic carbocycles. The maximum Gasteiger partial charge on any atom is 0.0883 e. The summed E-state index contributed by atoms with van der Waals surface area (Å²) in [5.41, 5.74) is 3.56. The van der Waals surface area contributed by atoms with E-state index >= 15 is 0 Å². The monoisotopic (exact) mass is 289 g/mol. The summed E-state index contributed by atoms with van der Waals surface area (Å²) in [6.07, 6.45) is 0. The molecule has 0 unspecified atom stereocenters. The molecule has 3 rings (SSSR count). The average Bonchev–Trinajstić information content (AvgIpc) is 2.59. The molecule has 0 amide bonds. The minimum atomic E-state index is -0.268. The van der Waals surface area contributed by atoms with E-state index in [1.807, 2.05) is 0 Å². The predicted molar refractivity (Wildman–Crippen MR) is 92.3 cm³/mol. The summed E-state index contributed by atoms with van der Waals surface area (Å²) in [7, 11) is 0.901. The van der Waals surface area contributed by atoms with Gasteiger partial charge in [0.1, 0.15) is 0 Å². The summed E-state index contributed by atoms with van der Waals surface area (Å²) >= 11 is 0. The molecule has 0 aliphatic rings. The van der Waals surface area contributed by atoms with Gasteiger partial charge in [0.2, 0.25) is 0 Å². The largest absolute Gasteiger partial charge is 0.329 e. The van der Waals surface area contributed by atoms with Gasteiger partial charge in [0.05, 0.1) is 15.9 Å². The smallest absolute Gasteiger partial charge is 0.0883 e. The minimum absolute atomic E-state index is 0.268. The fourth-order valence-electron chi connectivity index (χ4n) is 3.00. The Kier molecular flexibility index (Phi) is 4.00. The van der Waals surface area contributed by atoms with E-state index in [2.05, 4.69) is 96.0 Å². The van der Waals surface area contributed by atoms with Gasteiger partial charge in [-0.3, -0.25) is 0 Å². The van der Waals surface area contributed by atoms with Gasteiger partial charge in [-0.15, -0.1) is 0 Å². The SMILES string of the molecule is [SiH3]NC(c1ccccc1)(c1ccccc1)c1ccccc1. The molecule has 1 nitrogen and oxygen atoms in total. The van der Waals surface area contributed by atoms with Crippen molar-refractivity contribution in [3.8, 4) is 0 Å². The van der Waals surface area contributed by atoms with E-state index in [9.17, 15) is 0 Å². The van der Waals surface area contributed by atoms with Crippen molar-refractivity contribution >= 4 is 10.4 Å². The molecular weight excluding hydrogens is 270 g/mol. The Morgan fingerprint density at radius 2 is 0.810 bits per heavy atom. The molecular formula is C19H19NSi. The van der Waals surface area contributed by atoms with Crippen LogP contribution < -0.4 is 4.98 Å². The van der Waals surface area contributed by atoms with E-state index in [1.54, 1.807) is 0 Å². The summed E-state index contributed by atoms with van der Waals surface area (Å²) in [4.78, 5) is 3.70. The Morgan fingerprint density at radius 1 is 0.524 bits per heavy atom. The van der Waals surface area contributed by atoms with Crippen molar-refractivity contribution in [2.24, 2.45) is 0 Å². The second-order valence-electron chi connectivity index (χ2n) is 5.10. The summed E-state index contributed by atoms with van der Waals surface area (Å²) < 4.78 is 0. The molecule has 2 heteroatoms. The number of rotatable bonds is 4. The lowest BCUT2D eigenvalue weighted by Gasteiger charge is -2.36. The quantitative estimate of drug-likeness (QED) is 0.575. The summed E-state index contributed by atoms with van der Waals surface area (Å²) in [5, 5.41) is 0. The molecule has 0 heterocycles. The van der Waals surface area contributed by atoms with Gasteiger partial charge in [0, 0.05) is 0 Å². The van der Waals surface area contributed by atoms with Gasteiger partial charge in [0.15, 0.2) is 0 Å².